The lowest BCUT2D eigenvalue weighted by Crippen LogP contribution is -2.34. The molecular weight excluding hydrogens is 422 g/mol. The van der Waals surface area contributed by atoms with Crippen molar-refractivity contribution in [3.63, 3.8) is 0 Å². The van der Waals surface area contributed by atoms with Crippen molar-refractivity contribution in [3.8, 4) is 0 Å². The van der Waals surface area contributed by atoms with Crippen LogP contribution in [0.5, 0.6) is 0 Å². The largest absolute Gasteiger partial charge is 0.394 e. The quantitative estimate of drug-likeness (QED) is 0.517. The van der Waals surface area contributed by atoms with Crippen LogP contribution >= 0.6 is 11.6 Å². The van der Waals surface area contributed by atoms with E-state index in [1.165, 1.54) is 16.5 Å². The van der Waals surface area contributed by atoms with Gasteiger partial charge in [0.15, 0.2) is 23.2 Å². The van der Waals surface area contributed by atoms with Gasteiger partial charge in [-0.2, -0.15) is 9.97 Å². The molecule has 3 aromatic rings. The van der Waals surface area contributed by atoms with Gasteiger partial charge in [0.05, 0.1) is 12.9 Å². The van der Waals surface area contributed by atoms with Crippen LogP contribution in [0.2, 0.25) is 5.28 Å². The number of nitrogens with zero attached hydrogens (tertiary/aromatic N) is 5. The molecule has 5 rings (SSSR count). The first-order chi connectivity index (χ1) is 15.1. The summed E-state index contributed by atoms with van der Waals surface area (Å²) in [6.07, 6.45) is -0.776. The zero-order chi connectivity index (χ0) is 21.5. The summed E-state index contributed by atoms with van der Waals surface area (Å²) >= 11 is 6.24. The summed E-state index contributed by atoms with van der Waals surface area (Å²) in [6, 6.07) is 10.5. The van der Waals surface area contributed by atoms with Gasteiger partial charge in [0.25, 0.3) is 0 Å². The normalized spacial score (nSPS) is 27.3. The highest BCUT2D eigenvalue weighted by Crippen LogP contribution is 2.35. The Morgan fingerprint density at radius 1 is 1.06 bits per heavy atom. The number of piperidine rings is 1. The Bertz CT molecular complexity index is 1060. The molecule has 2 aromatic heterocycles. The lowest BCUT2D eigenvalue weighted by Gasteiger charge is -2.33. The first-order valence-corrected chi connectivity index (χ1v) is 10.8. The number of fused-ring (bicyclic) bond motifs is 1. The van der Waals surface area contributed by atoms with E-state index in [9.17, 15) is 15.3 Å². The van der Waals surface area contributed by atoms with Crippen molar-refractivity contribution in [1.29, 1.82) is 0 Å². The summed E-state index contributed by atoms with van der Waals surface area (Å²) in [6.45, 7) is 1.21. The van der Waals surface area contributed by atoms with Crippen molar-refractivity contribution >= 4 is 28.6 Å². The van der Waals surface area contributed by atoms with Crippen molar-refractivity contribution in [2.75, 3.05) is 24.6 Å². The molecule has 0 aliphatic carbocycles. The fourth-order valence-electron chi connectivity index (χ4n) is 4.54. The van der Waals surface area contributed by atoms with Crippen LogP contribution in [-0.4, -0.2) is 72.8 Å². The molecule has 0 amide bonds. The molecule has 10 heteroatoms. The van der Waals surface area contributed by atoms with Crippen LogP contribution in [0.4, 0.5) is 5.82 Å². The third kappa shape index (κ3) is 3.66. The Balaban J connectivity index is 1.42. The van der Waals surface area contributed by atoms with E-state index in [0.717, 1.165) is 25.9 Å². The van der Waals surface area contributed by atoms with Gasteiger partial charge in [-0.05, 0) is 35.9 Å². The summed E-state index contributed by atoms with van der Waals surface area (Å²) < 4.78 is 7.17. The van der Waals surface area contributed by atoms with Crippen LogP contribution in [-0.2, 0) is 4.74 Å². The van der Waals surface area contributed by atoms with E-state index in [-0.39, 0.29) is 5.28 Å². The molecule has 2 fully saturated rings. The smallest absolute Gasteiger partial charge is 0.226 e. The van der Waals surface area contributed by atoms with E-state index in [2.05, 4.69) is 44.1 Å². The molecule has 0 unspecified atom stereocenters. The van der Waals surface area contributed by atoms with Gasteiger partial charge in [-0.3, -0.25) is 4.57 Å². The summed E-state index contributed by atoms with van der Waals surface area (Å²) in [5.74, 6) is 1.15. The maximum Gasteiger partial charge on any atom is 0.226 e. The topological polar surface area (TPSA) is 117 Å². The van der Waals surface area contributed by atoms with Crippen LogP contribution < -0.4 is 4.90 Å². The maximum atomic E-state index is 10.4. The van der Waals surface area contributed by atoms with Crippen molar-refractivity contribution in [1.82, 2.24) is 19.5 Å². The molecular formula is C21H24ClN5O4. The molecule has 4 atom stereocenters. The van der Waals surface area contributed by atoms with Crippen molar-refractivity contribution < 1.29 is 20.1 Å². The fraction of sp³-hybridized carbons (Fsp3) is 0.476. The molecule has 0 bridgehead atoms. The SMILES string of the molecule is OC[C@H]1O[C@@H](n2cnc3c(N4CCC(c5ccccc5)CC4)nc(Cl)nc32)[C@H](O)[C@@H]1O. The average molecular weight is 446 g/mol. The van der Waals surface area contributed by atoms with E-state index in [0.29, 0.717) is 22.9 Å². The minimum absolute atomic E-state index is 0.0705. The highest BCUT2D eigenvalue weighted by atomic mass is 35.5. The van der Waals surface area contributed by atoms with Gasteiger partial charge in [0, 0.05) is 13.1 Å². The van der Waals surface area contributed by atoms with Gasteiger partial charge in [-0.1, -0.05) is 30.3 Å². The van der Waals surface area contributed by atoms with Crippen LogP contribution in [0.3, 0.4) is 0 Å². The van der Waals surface area contributed by atoms with Gasteiger partial charge < -0.3 is 25.0 Å². The second-order valence-corrected chi connectivity index (χ2v) is 8.38. The highest BCUT2D eigenvalue weighted by molar-refractivity contribution is 6.28. The number of imidazole rings is 1. The second-order valence-electron chi connectivity index (χ2n) is 8.04. The number of aromatic nitrogens is 4. The number of hydrogen-bond donors (Lipinski definition) is 3. The number of halogens is 1. The number of hydrogen-bond acceptors (Lipinski definition) is 8. The summed E-state index contributed by atoms with van der Waals surface area (Å²) in [5.41, 5.74) is 2.32. The van der Waals surface area contributed by atoms with Gasteiger partial charge >= 0.3 is 0 Å². The lowest BCUT2D eigenvalue weighted by molar-refractivity contribution is -0.0511. The summed E-state index contributed by atoms with van der Waals surface area (Å²) in [5, 5.41) is 29.9. The number of rotatable bonds is 4. The second kappa shape index (κ2) is 8.33. The molecule has 4 heterocycles. The molecule has 164 valence electrons. The van der Waals surface area contributed by atoms with Gasteiger partial charge in [0.2, 0.25) is 5.28 Å². The van der Waals surface area contributed by atoms with E-state index >= 15 is 0 Å². The number of aliphatic hydroxyl groups excluding tert-OH is 3. The molecule has 31 heavy (non-hydrogen) atoms. The Labute approximate surface area is 183 Å². The van der Waals surface area contributed by atoms with Crippen LogP contribution in [0.25, 0.3) is 11.2 Å². The minimum Gasteiger partial charge on any atom is -0.394 e. The molecule has 2 aliphatic heterocycles. The lowest BCUT2D eigenvalue weighted by atomic mass is 9.89. The number of aliphatic hydroxyl groups is 3. The predicted molar refractivity (Wildman–Crippen MR) is 114 cm³/mol. The molecule has 9 nitrogen and oxygen atoms in total. The average Bonchev–Trinajstić information content (AvgIpc) is 3.34. The van der Waals surface area contributed by atoms with Crippen LogP contribution in [0, 0.1) is 0 Å². The summed E-state index contributed by atoms with van der Waals surface area (Å²) in [7, 11) is 0. The standard InChI is InChI=1S/C21H24ClN5O4/c22-21-24-18(26-8-6-13(7-9-26)12-4-2-1-3-5-12)15-19(25-21)27(11-23-15)20-17(30)16(29)14(10-28)31-20/h1-5,11,13-14,16-17,20,28-30H,6-10H2/t14-,16-,17-,20-/m1/s1. The number of anilines is 1. The van der Waals surface area contributed by atoms with Gasteiger partial charge in [-0.15, -0.1) is 0 Å². The Kier molecular flexibility index (Phi) is 5.53. The minimum atomic E-state index is -1.23. The zero-order valence-corrected chi connectivity index (χ0v) is 17.5. The van der Waals surface area contributed by atoms with E-state index in [1.807, 2.05) is 6.07 Å². The van der Waals surface area contributed by atoms with Crippen molar-refractivity contribution in [3.05, 3.63) is 47.5 Å². The van der Waals surface area contributed by atoms with E-state index in [4.69, 9.17) is 16.3 Å². The number of benzene rings is 1. The maximum absolute atomic E-state index is 10.4. The Hall–Kier alpha value is -2.30. The zero-order valence-electron chi connectivity index (χ0n) is 16.8. The van der Waals surface area contributed by atoms with Gasteiger partial charge in [-0.25, -0.2) is 4.98 Å². The molecule has 2 saturated heterocycles. The number of ether oxygens (including phenoxy) is 1. The molecule has 0 radical (unpaired) electrons. The molecule has 0 saturated carbocycles. The van der Waals surface area contributed by atoms with Crippen LogP contribution in [0.15, 0.2) is 36.7 Å². The Morgan fingerprint density at radius 2 is 1.81 bits per heavy atom. The summed E-state index contributed by atoms with van der Waals surface area (Å²) in [4.78, 5) is 15.4. The molecule has 3 N–H and O–H groups in total. The molecule has 1 aromatic carbocycles. The monoisotopic (exact) mass is 445 g/mol. The first-order valence-electron chi connectivity index (χ1n) is 10.4. The fourth-order valence-corrected chi connectivity index (χ4v) is 4.70. The van der Waals surface area contributed by atoms with Crippen LogP contribution in [0.1, 0.15) is 30.6 Å². The van der Waals surface area contributed by atoms with E-state index < -0.39 is 31.1 Å². The Morgan fingerprint density at radius 3 is 2.48 bits per heavy atom. The van der Waals surface area contributed by atoms with Crippen molar-refractivity contribution in [2.24, 2.45) is 0 Å². The van der Waals surface area contributed by atoms with Gasteiger partial charge in [0.1, 0.15) is 18.3 Å². The van der Waals surface area contributed by atoms with Crippen molar-refractivity contribution in [2.45, 2.75) is 43.3 Å². The molecule has 2 aliphatic rings. The third-order valence-corrected chi connectivity index (χ3v) is 6.40. The highest BCUT2D eigenvalue weighted by Gasteiger charge is 2.44. The molecule has 0 spiro atoms. The predicted octanol–water partition coefficient (Wildman–Crippen LogP) is 1.48. The first kappa shape index (κ1) is 20.6. The third-order valence-electron chi connectivity index (χ3n) is 6.23. The van der Waals surface area contributed by atoms with E-state index in [1.54, 1.807) is 0 Å².